The van der Waals surface area contributed by atoms with Crippen molar-refractivity contribution in [2.24, 2.45) is 0 Å². The normalized spacial score (nSPS) is 10.7. The number of aryl methyl sites for hydroxylation is 2. The van der Waals surface area contributed by atoms with E-state index in [4.69, 9.17) is 0 Å². The van der Waals surface area contributed by atoms with E-state index in [1.165, 1.54) is 29.1 Å². The molecule has 3 aromatic rings. The monoisotopic (exact) mass is 352 g/mol. The average Bonchev–Trinajstić information content (AvgIpc) is 2.59. The zero-order chi connectivity index (χ0) is 18.8. The summed E-state index contributed by atoms with van der Waals surface area (Å²) in [5, 5.41) is 13.8. The lowest BCUT2D eigenvalue weighted by Crippen LogP contribution is -2.28. The largest absolute Gasteiger partial charge is 0.324 e. The molecule has 1 amide bonds. The number of amides is 1. The molecule has 0 bridgehead atoms. The quantitative estimate of drug-likeness (QED) is 0.573. The summed E-state index contributed by atoms with van der Waals surface area (Å²) in [6, 6.07) is 9.47. The molecule has 0 radical (unpaired) electrons. The van der Waals surface area contributed by atoms with Crippen molar-refractivity contribution >= 4 is 28.2 Å². The number of fused-ring (bicyclic) bond motifs is 1. The highest BCUT2D eigenvalue weighted by Gasteiger charge is 2.12. The van der Waals surface area contributed by atoms with Crippen LogP contribution in [0.4, 0.5) is 11.4 Å². The first-order chi connectivity index (χ1) is 12.3. The van der Waals surface area contributed by atoms with E-state index in [9.17, 15) is 19.7 Å². The summed E-state index contributed by atoms with van der Waals surface area (Å²) in [6.07, 6.45) is 1.22. The molecular formula is C18H16N4O4. The maximum atomic E-state index is 12.5. The first kappa shape index (κ1) is 17.3. The number of carbonyl (C=O) groups is 1. The van der Waals surface area contributed by atoms with E-state index >= 15 is 0 Å². The SMILES string of the molecule is Cc1ccc(NC(=O)Cn2cnc3cc([N+](=O)[O-])ccc3c2=O)c(C)c1. The van der Waals surface area contributed by atoms with E-state index in [0.717, 1.165) is 11.1 Å². The van der Waals surface area contributed by atoms with Crippen LogP contribution < -0.4 is 10.9 Å². The van der Waals surface area contributed by atoms with Gasteiger partial charge in [-0.05, 0) is 31.5 Å². The number of aromatic nitrogens is 2. The Morgan fingerprint density at radius 1 is 1.23 bits per heavy atom. The standard InChI is InChI=1S/C18H16N4O4/c1-11-3-6-15(12(2)7-11)20-17(23)9-21-10-19-16-8-13(22(25)26)4-5-14(16)18(21)24/h3-8,10H,9H2,1-2H3,(H,20,23). The van der Waals surface area contributed by atoms with E-state index < -0.39 is 10.5 Å². The number of nitrogens with zero attached hydrogens (tertiary/aromatic N) is 3. The van der Waals surface area contributed by atoms with Crippen LogP contribution in [0, 0.1) is 24.0 Å². The summed E-state index contributed by atoms with van der Waals surface area (Å²) in [5.41, 5.74) is 2.34. The lowest BCUT2D eigenvalue weighted by Gasteiger charge is -2.10. The van der Waals surface area contributed by atoms with Crippen molar-refractivity contribution in [2.45, 2.75) is 20.4 Å². The van der Waals surface area contributed by atoms with Crippen LogP contribution in [0.25, 0.3) is 10.9 Å². The fourth-order valence-corrected chi connectivity index (χ4v) is 2.67. The molecule has 0 spiro atoms. The van der Waals surface area contributed by atoms with E-state index in [-0.39, 0.29) is 29.0 Å². The minimum Gasteiger partial charge on any atom is -0.324 e. The van der Waals surface area contributed by atoms with Crippen molar-refractivity contribution in [3.8, 4) is 0 Å². The molecule has 2 aromatic carbocycles. The number of rotatable bonds is 4. The van der Waals surface area contributed by atoms with E-state index in [1.807, 2.05) is 32.0 Å². The number of nitro groups is 1. The predicted octanol–water partition coefficient (Wildman–Crippen LogP) is 2.56. The summed E-state index contributed by atoms with van der Waals surface area (Å²) in [4.78, 5) is 39.1. The lowest BCUT2D eigenvalue weighted by atomic mass is 10.1. The molecule has 26 heavy (non-hydrogen) atoms. The highest BCUT2D eigenvalue weighted by atomic mass is 16.6. The summed E-state index contributed by atoms with van der Waals surface area (Å²) in [7, 11) is 0. The van der Waals surface area contributed by atoms with Gasteiger partial charge in [-0.15, -0.1) is 0 Å². The smallest absolute Gasteiger partial charge is 0.271 e. The van der Waals surface area contributed by atoms with Crippen LogP contribution in [0.1, 0.15) is 11.1 Å². The zero-order valence-corrected chi connectivity index (χ0v) is 14.2. The fraction of sp³-hybridized carbons (Fsp3) is 0.167. The van der Waals surface area contributed by atoms with Gasteiger partial charge in [0.2, 0.25) is 5.91 Å². The van der Waals surface area contributed by atoms with Gasteiger partial charge in [-0.1, -0.05) is 17.7 Å². The van der Waals surface area contributed by atoms with E-state index in [1.54, 1.807) is 0 Å². The van der Waals surface area contributed by atoms with Crippen molar-refractivity contribution in [1.29, 1.82) is 0 Å². The minimum absolute atomic E-state index is 0.144. The predicted molar refractivity (Wildman–Crippen MR) is 97.2 cm³/mol. The Bertz CT molecular complexity index is 1090. The highest BCUT2D eigenvalue weighted by molar-refractivity contribution is 5.91. The molecule has 1 aromatic heterocycles. The molecule has 132 valence electrons. The van der Waals surface area contributed by atoms with Gasteiger partial charge in [-0.3, -0.25) is 24.3 Å². The van der Waals surface area contributed by atoms with Gasteiger partial charge >= 0.3 is 0 Å². The number of carbonyl (C=O) groups excluding carboxylic acids is 1. The number of nitro benzene ring substituents is 1. The van der Waals surface area contributed by atoms with Crippen LogP contribution in [-0.2, 0) is 11.3 Å². The molecule has 0 aliphatic heterocycles. The Morgan fingerprint density at radius 2 is 2.00 bits per heavy atom. The van der Waals surface area contributed by atoms with Crippen molar-refractivity contribution in [3.63, 3.8) is 0 Å². The molecule has 0 fully saturated rings. The van der Waals surface area contributed by atoms with Gasteiger partial charge in [0.25, 0.3) is 11.2 Å². The van der Waals surface area contributed by atoms with Gasteiger partial charge in [0.15, 0.2) is 0 Å². The molecule has 0 atom stereocenters. The molecule has 0 aliphatic carbocycles. The third kappa shape index (κ3) is 3.44. The molecule has 8 heteroatoms. The van der Waals surface area contributed by atoms with Crippen molar-refractivity contribution < 1.29 is 9.72 Å². The first-order valence-electron chi connectivity index (χ1n) is 7.86. The Labute approximate surface area is 148 Å². The summed E-state index contributed by atoms with van der Waals surface area (Å²) in [5.74, 6) is -0.359. The van der Waals surface area contributed by atoms with Crippen LogP contribution in [0.3, 0.4) is 0 Å². The summed E-state index contributed by atoms with van der Waals surface area (Å²) in [6.45, 7) is 3.65. The second-order valence-corrected chi connectivity index (χ2v) is 6.00. The van der Waals surface area contributed by atoms with E-state index in [0.29, 0.717) is 5.69 Å². The van der Waals surface area contributed by atoms with E-state index in [2.05, 4.69) is 10.3 Å². The first-order valence-corrected chi connectivity index (χ1v) is 7.86. The average molecular weight is 352 g/mol. The molecule has 3 rings (SSSR count). The molecule has 0 unspecified atom stereocenters. The van der Waals surface area contributed by atoms with Gasteiger partial charge in [0.05, 0.1) is 22.2 Å². The Hall–Kier alpha value is -3.55. The third-order valence-corrected chi connectivity index (χ3v) is 3.99. The van der Waals surface area contributed by atoms with Crippen LogP contribution in [0.15, 0.2) is 47.5 Å². The number of anilines is 1. The van der Waals surface area contributed by atoms with Gasteiger partial charge in [0.1, 0.15) is 6.54 Å². The third-order valence-electron chi connectivity index (χ3n) is 3.99. The molecule has 0 saturated heterocycles. The van der Waals surface area contributed by atoms with Crippen LogP contribution in [0.5, 0.6) is 0 Å². The maximum absolute atomic E-state index is 12.5. The second kappa shape index (κ2) is 6.75. The Balaban J connectivity index is 1.85. The van der Waals surface area contributed by atoms with Crippen molar-refractivity contribution in [1.82, 2.24) is 9.55 Å². The Kier molecular flexibility index (Phi) is 4.49. The van der Waals surface area contributed by atoms with Gasteiger partial charge in [-0.25, -0.2) is 4.98 Å². The molecule has 0 aliphatic rings. The zero-order valence-electron chi connectivity index (χ0n) is 14.2. The number of hydrogen-bond donors (Lipinski definition) is 1. The number of non-ortho nitro benzene ring substituents is 1. The molecule has 1 N–H and O–H groups in total. The minimum atomic E-state index is -0.552. The Morgan fingerprint density at radius 3 is 2.69 bits per heavy atom. The van der Waals surface area contributed by atoms with Gasteiger partial charge < -0.3 is 5.32 Å². The number of benzene rings is 2. The van der Waals surface area contributed by atoms with Gasteiger partial charge in [0, 0.05) is 17.8 Å². The maximum Gasteiger partial charge on any atom is 0.271 e. The number of hydrogen-bond acceptors (Lipinski definition) is 5. The molecular weight excluding hydrogens is 336 g/mol. The van der Waals surface area contributed by atoms with Gasteiger partial charge in [-0.2, -0.15) is 0 Å². The van der Waals surface area contributed by atoms with Crippen LogP contribution in [0.2, 0.25) is 0 Å². The summed E-state index contributed by atoms with van der Waals surface area (Å²) < 4.78 is 1.17. The topological polar surface area (TPSA) is 107 Å². The van der Waals surface area contributed by atoms with Crippen molar-refractivity contribution in [2.75, 3.05) is 5.32 Å². The molecule has 0 saturated carbocycles. The highest BCUT2D eigenvalue weighted by Crippen LogP contribution is 2.17. The number of nitrogens with one attached hydrogen (secondary N) is 1. The second-order valence-electron chi connectivity index (χ2n) is 6.00. The molecule has 1 heterocycles. The van der Waals surface area contributed by atoms with Crippen molar-refractivity contribution in [3.05, 3.63) is 74.3 Å². The van der Waals surface area contributed by atoms with Crippen LogP contribution in [-0.4, -0.2) is 20.4 Å². The molecule has 8 nitrogen and oxygen atoms in total. The van der Waals surface area contributed by atoms with Crippen LogP contribution >= 0.6 is 0 Å². The summed E-state index contributed by atoms with van der Waals surface area (Å²) >= 11 is 0. The fourth-order valence-electron chi connectivity index (χ4n) is 2.67. The lowest BCUT2D eigenvalue weighted by molar-refractivity contribution is -0.384.